The molecule has 2 amide bonds. The van der Waals surface area contributed by atoms with Crippen LogP contribution in [0, 0.1) is 6.92 Å². The highest BCUT2D eigenvalue weighted by molar-refractivity contribution is 5.79. The monoisotopic (exact) mass is 246 g/mol. The first kappa shape index (κ1) is 12.6. The lowest BCUT2D eigenvalue weighted by molar-refractivity contribution is -0.134. The standard InChI is InChI=1S/C14H18N2O2/c1-12-3-2-4-13(9-12)10-14(18)16-7-5-15(11-17)6-8-16/h2-4,9,11H,5-8,10H2,1H3. The van der Waals surface area contributed by atoms with Gasteiger partial charge in [0, 0.05) is 26.2 Å². The SMILES string of the molecule is Cc1cccc(CC(=O)N2CCN(C=O)CC2)c1. The fraction of sp³-hybridized carbons (Fsp3) is 0.429. The molecule has 1 aromatic rings. The van der Waals surface area contributed by atoms with Gasteiger partial charge in [0.05, 0.1) is 6.42 Å². The lowest BCUT2D eigenvalue weighted by atomic mass is 10.1. The first-order valence-corrected chi connectivity index (χ1v) is 6.22. The maximum absolute atomic E-state index is 12.1. The third-order valence-corrected chi connectivity index (χ3v) is 3.25. The van der Waals surface area contributed by atoms with Gasteiger partial charge in [0.15, 0.2) is 0 Å². The van der Waals surface area contributed by atoms with Crippen molar-refractivity contribution in [3.63, 3.8) is 0 Å². The molecule has 0 spiro atoms. The molecule has 18 heavy (non-hydrogen) atoms. The zero-order valence-corrected chi connectivity index (χ0v) is 10.6. The first-order valence-electron chi connectivity index (χ1n) is 6.22. The molecule has 0 aromatic heterocycles. The number of hydrogen-bond donors (Lipinski definition) is 0. The highest BCUT2D eigenvalue weighted by Gasteiger charge is 2.19. The van der Waals surface area contributed by atoms with Gasteiger partial charge in [0.25, 0.3) is 0 Å². The van der Waals surface area contributed by atoms with E-state index < -0.39 is 0 Å². The number of carbonyl (C=O) groups is 2. The molecular formula is C14H18N2O2. The van der Waals surface area contributed by atoms with Crippen LogP contribution >= 0.6 is 0 Å². The molecular weight excluding hydrogens is 228 g/mol. The molecule has 0 aliphatic carbocycles. The van der Waals surface area contributed by atoms with E-state index in [1.54, 1.807) is 4.90 Å². The smallest absolute Gasteiger partial charge is 0.227 e. The summed E-state index contributed by atoms with van der Waals surface area (Å²) >= 11 is 0. The van der Waals surface area contributed by atoms with E-state index in [9.17, 15) is 9.59 Å². The van der Waals surface area contributed by atoms with Gasteiger partial charge in [-0.15, -0.1) is 0 Å². The molecule has 0 unspecified atom stereocenters. The van der Waals surface area contributed by atoms with Gasteiger partial charge in [-0.1, -0.05) is 29.8 Å². The van der Waals surface area contributed by atoms with Crippen molar-refractivity contribution in [3.05, 3.63) is 35.4 Å². The number of piperazine rings is 1. The molecule has 1 fully saturated rings. The summed E-state index contributed by atoms with van der Waals surface area (Å²) in [6, 6.07) is 8.02. The summed E-state index contributed by atoms with van der Waals surface area (Å²) < 4.78 is 0. The lowest BCUT2D eigenvalue weighted by Crippen LogP contribution is -2.48. The van der Waals surface area contributed by atoms with Gasteiger partial charge in [-0.2, -0.15) is 0 Å². The Hall–Kier alpha value is -1.84. The maximum Gasteiger partial charge on any atom is 0.227 e. The molecule has 0 bridgehead atoms. The Kier molecular flexibility index (Phi) is 3.97. The van der Waals surface area contributed by atoms with Crippen LogP contribution in [-0.2, 0) is 16.0 Å². The second kappa shape index (κ2) is 5.67. The highest BCUT2D eigenvalue weighted by Crippen LogP contribution is 2.08. The predicted octanol–water partition coefficient (Wildman–Crippen LogP) is 0.838. The summed E-state index contributed by atoms with van der Waals surface area (Å²) in [5.41, 5.74) is 2.23. The zero-order valence-electron chi connectivity index (χ0n) is 10.6. The molecule has 96 valence electrons. The molecule has 4 nitrogen and oxygen atoms in total. The first-order chi connectivity index (χ1) is 8.69. The van der Waals surface area contributed by atoms with Crippen molar-refractivity contribution < 1.29 is 9.59 Å². The second-order valence-corrected chi connectivity index (χ2v) is 4.69. The fourth-order valence-corrected chi connectivity index (χ4v) is 2.19. The molecule has 1 aliphatic heterocycles. The van der Waals surface area contributed by atoms with Crippen LogP contribution in [0.5, 0.6) is 0 Å². The number of nitrogens with zero attached hydrogens (tertiary/aromatic N) is 2. The topological polar surface area (TPSA) is 40.6 Å². The number of rotatable bonds is 3. The Labute approximate surface area is 107 Å². The van der Waals surface area contributed by atoms with Crippen molar-refractivity contribution in [2.24, 2.45) is 0 Å². The molecule has 0 atom stereocenters. The van der Waals surface area contributed by atoms with Crippen LogP contribution in [0.15, 0.2) is 24.3 Å². The van der Waals surface area contributed by atoms with Crippen molar-refractivity contribution in [3.8, 4) is 0 Å². The summed E-state index contributed by atoms with van der Waals surface area (Å²) in [5, 5.41) is 0. The van der Waals surface area contributed by atoms with E-state index in [2.05, 4.69) is 0 Å². The van der Waals surface area contributed by atoms with Gasteiger partial charge < -0.3 is 9.80 Å². The summed E-state index contributed by atoms with van der Waals surface area (Å²) in [5.74, 6) is 0.145. The van der Waals surface area contributed by atoms with E-state index in [0.717, 1.165) is 12.0 Å². The van der Waals surface area contributed by atoms with E-state index in [-0.39, 0.29) is 5.91 Å². The molecule has 1 aliphatic rings. The van der Waals surface area contributed by atoms with Crippen molar-refractivity contribution in [1.82, 2.24) is 9.80 Å². The van der Waals surface area contributed by atoms with Gasteiger partial charge >= 0.3 is 0 Å². The van der Waals surface area contributed by atoms with Crippen LogP contribution in [0.3, 0.4) is 0 Å². The molecule has 1 saturated heterocycles. The van der Waals surface area contributed by atoms with Gasteiger partial charge in [0.1, 0.15) is 0 Å². The Morgan fingerprint density at radius 3 is 2.61 bits per heavy atom. The molecule has 1 heterocycles. The quantitative estimate of drug-likeness (QED) is 0.741. The van der Waals surface area contributed by atoms with Crippen molar-refractivity contribution >= 4 is 12.3 Å². The van der Waals surface area contributed by atoms with Crippen LogP contribution in [-0.4, -0.2) is 48.3 Å². The third-order valence-electron chi connectivity index (χ3n) is 3.25. The maximum atomic E-state index is 12.1. The summed E-state index contributed by atoms with van der Waals surface area (Å²) in [6.07, 6.45) is 1.30. The van der Waals surface area contributed by atoms with E-state index in [4.69, 9.17) is 0 Å². The normalized spacial score (nSPS) is 15.6. The average molecular weight is 246 g/mol. The molecule has 4 heteroatoms. The summed E-state index contributed by atoms with van der Waals surface area (Å²) in [7, 11) is 0. The minimum atomic E-state index is 0.145. The number of aryl methyl sites for hydroxylation is 1. The van der Waals surface area contributed by atoms with E-state index in [1.165, 1.54) is 5.56 Å². The van der Waals surface area contributed by atoms with Crippen LogP contribution in [0.1, 0.15) is 11.1 Å². The van der Waals surface area contributed by atoms with Crippen LogP contribution in [0.2, 0.25) is 0 Å². The van der Waals surface area contributed by atoms with E-state index in [0.29, 0.717) is 32.6 Å². The molecule has 2 rings (SSSR count). The number of hydrogen-bond acceptors (Lipinski definition) is 2. The fourth-order valence-electron chi connectivity index (χ4n) is 2.19. The Bertz CT molecular complexity index is 437. The molecule has 0 radical (unpaired) electrons. The summed E-state index contributed by atoms with van der Waals surface area (Å²) in [6.45, 7) is 4.59. The number of carbonyl (C=O) groups excluding carboxylic acids is 2. The van der Waals surface area contributed by atoms with Crippen molar-refractivity contribution in [2.45, 2.75) is 13.3 Å². The van der Waals surface area contributed by atoms with Crippen molar-refractivity contribution in [1.29, 1.82) is 0 Å². The molecule has 0 saturated carbocycles. The summed E-state index contributed by atoms with van der Waals surface area (Å²) in [4.78, 5) is 26.2. The largest absolute Gasteiger partial charge is 0.342 e. The van der Waals surface area contributed by atoms with Gasteiger partial charge in [-0.25, -0.2) is 0 Å². The van der Waals surface area contributed by atoms with Crippen LogP contribution in [0.4, 0.5) is 0 Å². The van der Waals surface area contributed by atoms with Gasteiger partial charge in [0.2, 0.25) is 12.3 Å². The Morgan fingerprint density at radius 1 is 1.28 bits per heavy atom. The van der Waals surface area contributed by atoms with Crippen LogP contribution < -0.4 is 0 Å². The van der Waals surface area contributed by atoms with E-state index >= 15 is 0 Å². The number of benzene rings is 1. The van der Waals surface area contributed by atoms with Gasteiger partial charge in [-0.05, 0) is 12.5 Å². The Balaban J connectivity index is 1.91. The van der Waals surface area contributed by atoms with Crippen LogP contribution in [0.25, 0.3) is 0 Å². The minimum Gasteiger partial charge on any atom is -0.342 e. The molecule has 1 aromatic carbocycles. The predicted molar refractivity (Wildman–Crippen MR) is 69.1 cm³/mol. The van der Waals surface area contributed by atoms with Crippen molar-refractivity contribution in [2.75, 3.05) is 26.2 Å². The zero-order chi connectivity index (χ0) is 13.0. The second-order valence-electron chi connectivity index (χ2n) is 4.69. The highest BCUT2D eigenvalue weighted by atomic mass is 16.2. The molecule has 0 N–H and O–H groups in total. The lowest BCUT2D eigenvalue weighted by Gasteiger charge is -2.32. The van der Waals surface area contributed by atoms with E-state index in [1.807, 2.05) is 36.1 Å². The number of amides is 2. The third kappa shape index (κ3) is 3.09. The Morgan fingerprint density at radius 2 is 2.00 bits per heavy atom. The average Bonchev–Trinajstić information content (AvgIpc) is 2.39. The minimum absolute atomic E-state index is 0.145. The van der Waals surface area contributed by atoms with Gasteiger partial charge in [-0.3, -0.25) is 9.59 Å².